The molecular weight excluding hydrogens is 240 g/mol. The smallest absolute Gasteiger partial charge is 0.324 e. The molecule has 0 saturated heterocycles. The van der Waals surface area contributed by atoms with Gasteiger partial charge in [-0.15, -0.1) is 0 Å². The summed E-state index contributed by atoms with van der Waals surface area (Å²) in [5.41, 5.74) is -0.891. The number of nitrogens with zero attached hydrogens (tertiary/aromatic N) is 1. The predicted molar refractivity (Wildman–Crippen MR) is 80.4 cm³/mol. The first-order valence-electron chi connectivity index (χ1n) is 7.30. The molecule has 19 heavy (non-hydrogen) atoms. The zero-order valence-electron chi connectivity index (χ0n) is 13.7. The van der Waals surface area contributed by atoms with E-state index < -0.39 is 11.5 Å². The molecule has 0 heterocycles. The van der Waals surface area contributed by atoms with Crippen molar-refractivity contribution in [1.29, 1.82) is 0 Å². The molecule has 1 unspecified atom stereocenters. The normalized spacial score (nSPS) is 15.5. The molecule has 1 atom stereocenters. The fourth-order valence-corrected chi connectivity index (χ4v) is 2.50. The monoisotopic (exact) mass is 272 g/mol. The van der Waals surface area contributed by atoms with E-state index in [4.69, 9.17) is 0 Å². The van der Waals surface area contributed by atoms with Crippen molar-refractivity contribution in [1.82, 2.24) is 10.2 Å². The molecule has 0 aromatic heterocycles. The van der Waals surface area contributed by atoms with E-state index in [1.807, 2.05) is 13.8 Å². The lowest BCUT2D eigenvalue weighted by molar-refractivity contribution is -0.145. The summed E-state index contributed by atoms with van der Waals surface area (Å²) in [7, 11) is 0. The summed E-state index contributed by atoms with van der Waals surface area (Å²) in [6, 6.07) is 0.154. The van der Waals surface area contributed by atoms with Gasteiger partial charge in [0.2, 0.25) is 0 Å². The van der Waals surface area contributed by atoms with Gasteiger partial charge in [0.05, 0.1) is 0 Å². The SMILES string of the molecule is CC(C)CN(CC(C)C)CC(C)(NC(C)C)C(=O)O. The summed E-state index contributed by atoms with van der Waals surface area (Å²) in [4.78, 5) is 13.8. The van der Waals surface area contributed by atoms with Gasteiger partial charge in [-0.05, 0) is 32.6 Å². The van der Waals surface area contributed by atoms with Crippen molar-refractivity contribution in [2.75, 3.05) is 19.6 Å². The summed E-state index contributed by atoms with van der Waals surface area (Å²) in [6.07, 6.45) is 0. The molecular formula is C15H32N2O2. The largest absolute Gasteiger partial charge is 0.480 e. The van der Waals surface area contributed by atoms with Crippen LogP contribution in [0, 0.1) is 11.8 Å². The van der Waals surface area contributed by atoms with Crippen LogP contribution >= 0.6 is 0 Å². The molecule has 0 aliphatic rings. The summed E-state index contributed by atoms with van der Waals surface area (Å²) in [5, 5.41) is 12.7. The van der Waals surface area contributed by atoms with Crippen LogP contribution in [-0.2, 0) is 4.79 Å². The molecule has 0 amide bonds. The zero-order chi connectivity index (χ0) is 15.2. The van der Waals surface area contributed by atoms with E-state index in [0.717, 1.165) is 13.1 Å². The highest BCUT2D eigenvalue weighted by molar-refractivity contribution is 5.78. The third-order valence-electron chi connectivity index (χ3n) is 2.87. The van der Waals surface area contributed by atoms with Gasteiger partial charge < -0.3 is 10.0 Å². The van der Waals surface area contributed by atoms with Crippen LogP contribution in [0.5, 0.6) is 0 Å². The van der Waals surface area contributed by atoms with Crippen molar-refractivity contribution >= 4 is 5.97 Å². The molecule has 0 saturated carbocycles. The van der Waals surface area contributed by atoms with Crippen molar-refractivity contribution in [2.24, 2.45) is 11.8 Å². The number of hydrogen-bond donors (Lipinski definition) is 2. The van der Waals surface area contributed by atoms with Crippen LogP contribution in [0.2, 0.25) is 0 Å². The van der Waals surface area contributed by atoms with Gasteiger partial charge in [-0.25, -0.2) is 0 Å². The number of hydrogen-bond acceptors (Lipinski definition) is 3. The highest BCUT2D eigenvalue weighted by Gasteiger charge is 2.35. The van der Waals surface area contributed by atoms with E-state index in [2.05, 4.69) is 37.9 Å². The molecule has 0 aromatic rings. The van der Waals surface area contributed by atoms with E-state index in [0.29, 0.717) is 18.4 Å². The zero-order valence-corrected chi connectivity index (χ0v) is 13.7. The molecule has 4 heteroatoms. The molecule has 0 aliphatic carbocycles. The molecule has 2 N–H and O–H groups in total. The molecule has 0 rings (SSSR count). The maximum Gasteiger partial charge on any atom is 0.324 e. The lowest BCUT2D eigenvalue weighted by Crippen LogP contribution is -2.59. The van der Waals surface area contributed by atoms with Gasteiger partial charge in [0.1, 0.15) is 5.54 Å². The lowest BCUT2D eigenvalue weighted by Gasteiger charge is -2.36. The Morgan fingerprint density at radius 2 is 1.53 bits per heavy atom. The van der Waals surface area contributed by atoms with Gasteiger partial charge in [0, 0.05) is 25.7 Å². The molecule has 0 radical (unpaired) electrons. The molecule has 0 spiro atoms. The first kappa shape index (κ1) is 18.4. The summed E-state index contributed by atoms with van der Waals surface area (Å²) >= 11 is 0. The third-order valence-corrected chi connectivity index (χ3v) is 2.87. The Bertz CT molecular complexity index is 267. The molecule has 0 fully saturated rings. The van der Waals surface area contributed by atoms with Crippen LogP contribution in [0.4, 0.5) is 0 Å². The Kier molecular flexibility index (Phi) is 7.60. The third kappa shape index (κ3) is 7.53. The molecule has 0 bridgehead atoms. The van der Waals surface area contributed by atoms with Crippen LogP contribution in [0.15, 0.2) is 0 Å². The number of carboxylic acids is 1. The van der Waals surface area contributed by atoms with Crippen molar-refractivity contribution in [3.8, 4) is 0 Å². The Labute approximate surface area is 118 Å². The fraction of sp³-hybridized carbons (Fsp3) is 0.933. The molecule has 114 valence electrons. The fourth-order valence-electron chi connectivity index (χ4n) is 2.50. The van der Waals surface area contributed by atoms with Gasteiger partial charge in [0.15, 0.2) is 0 Å². The van der Waals surface area contributed by atoms with Gasteiger partial charge in [0.25, 0.3) is 0 Å². The van der Waals surface area contributed by atoms with Gasteiger partial charge in [-0.3, -0.25) is 10.1 Å². The predicted octanol–water partition coefficient (Wildman–Crippen LogP) is 2.44. The number of carboxylic acid groups (broad SMARTS) is 1. The van der Waals surface area contributed by atoms with Crippen molar-refractivity contribution in [3.63, 3.8) is 0 Å². The van der Waals surface area contributed by atoms with E-state index in [1.54, 1.807) is 6.92 Å². The van der Waals surface area contributed by atoms with E-state index in [1.165, 1.54) is 0 Å². The van der Waals surface area contributed by atoms with Crippen LogP contribution < -0.4 is 5.32 Å². The van der Waals surface area contributed by atoms with Crippen LogP contribution in [-0.4, -0.2) is 47.2 Å². The van der Waals surface area contributed by atoms with Crippen molar-refractivity contribution in [2.45, 2.75) is 60.0 Å². The molecule has 0 aromatic carbocycles. The van der Waals surface area contributed by atoms with E-state index in [-0.39, 0.29) is 6.04 Å². The molecule has 0 aliphatic heterocycles. The summed E-state index contributed by atoms with van der Waals surface area (Å²) < 4.78 is 0. The molecule has 4 nitrogen and oxygen atoms in total. The maximum atomic E-state index is 11.6. The number of aliphatic carboxylic acids is 1. The topological polar surface area (TPSA) is 52.6 Å². The lowest BCUT2D eigenvalue weighted by atomic mass is 9.99. The average Bonchev–Trinajstić information content (AvgIpc) is 2.12. The first-order chi connectivity index (χ1) is 8.56. The van der Waals surface area contributed by atoms with E-state index in [9.17, 15) is 9.90 Å². The maximum absolute atomic E-state index is 11.6. The second-order valence-corrected chi connectivity index (χ2v) is 6.92. The average molecular weight is 272 g/mol. The standard InChI is InChI=1S/C15H32N2O2/c1-11(2)8-17(9-12(3)4)10-15(7,14(18)19)16-13(5)6/h11-13,16H,8-10H2,1-7H3,(H,18,19). The Hall–Kier alpha value is -0.610. The Morgan fingerprint density at radius 1 is 1.11 bits per heavy atom. The minimum Gasteiger partial charge on any atom is -0.480 e. The second-order valence-electron chi connectivity index (χ2n) is 6.92. The second kappa shape index (κ2) is 7.85. The summed E-state index contributed by atoms with van der Waals surface area (Å²) in [5.74, 6) is 0.297. The highest BCUT2D eigenvalue weighted by Crippen LogP contribution is 2.13. The minimum absolute atomic E-state index is 0.154. The van der Waals surface area contributed by atoms with Gasteiger partial charge in [-0.2, -0.15) is 0 Å². The quantitative estimate of drug-likeness (QED) is 0.677. The van der Waals surface area contributed by atoms with Gasteiger partial charge in [-0.1, -0.05) is 27.7 Å². The number of nitrogens with one attached hydrogen (secondary N) is 1. The van der Waals surface area contributed by atoms with E-state index >= 15 is 0 Å². The summed E-state index contributed by atoms with van der Waals surface area (Å²) in [6.45, 7) is 16.8. The van der Waals surface area contributed by atoms with Crippen LogP contribution in [0.3, 0.4) is 0 Å². The van der Waals surface area contributed by atoms with Crippen LogP contribution in [0.25, 0.3) is 0 Å². The van der Waals surface area contributed by atoms with Crippen LogP contribution in [0.1, 0.15) is 48.5 Å². The van der Waals surface area contributed by atoms with Gasteiger partial charge >= 0.3 is 5.97 Å². The Morgan fingerprint density at radius 3 is 1.79 bits per heavy atom. The number of rotatable bonds is 9. The number of carbonyl (C=O) groups is 1. The van der Waals surface area contributed by atoms with Crippen molar-refractivity contribution < 1.29 is 9.90 Å². The highest BCUT2D eigenvalue weighted by atomic mass is 16.4. The Balaban J connectivity index is 4.86. The first-order valence-corrected chi connectivity index (χ1v) is 7.30. The minimum atomic E-state index is -0.891. The van der Waals surface area contributed by atoms with Crippen molar-refractivity contribution in [3.05, 3.63) is 0 Å².